The molecule has 2 heterocycles. The average Bonchev–Trinajstić information content (AvgIpc) is 2.69. The Morgan fingerprint density at radius 3 is 2.89 bits per heavy atom. The first-order valence-electron chi connectivity index (χ1n) is 5.21. The normalized spacial score (nSPS) is 21.0. The molecule has 0 radical (unpaired) electrons. The van der Waals surface area contributed by atoms with Gasteiger partial charge >= 0.3 is 6.09 Å². The number of methoxy groups -OCH3 is 1. The Kier molecular flexibility index (Phi) is 3.89. The monoisotopic (exact) mass is 291 g/mol. The number of nitrogens with zero attached hydrogens (tertiary/aromatic N) is 3. The van der Waals surface area contributed by atoms with E-state index in [-0.39, 0.29) is 29.2 Å². The zero-order valence-electron chi connectivity index (χ0n) is 9.76. The van der Waals surface area contributed by atoms with Gasteiger partial charge in [-0.15, -0.1) is 0 Å². The molecule has 0 aromatic carbocycles. The summed E-state index contributed by atoms with van der Waals surface area (Å²) in [7, 11) is 1.56. The standard InChI is InChI=1S/C10H11Cl2N3O3/c1-5(17-2)6-4-18-10(16)15(6)8-3-7(11)13-9(12)14-8/h3,5-6H,4H2,1-2H3/t5-,6-/m1/s1. The van der Waals surface area contributed by atoms with Crippen molar-refractivity contribution in [2.75, 3.05) is 18.6 Å². The van der Waals surface area contributed by atoms with Gasteiger partial charge in [0.05, 0.1) is 6.10 Å². The number of ether oxygens (including phenoxy) is 2. The molecule has 0 bridgehead atoms. The Hall–Kier alpha value is -1.11. The number of anilines is 1. The fraction of sp³-hybridized carbons (Fsp3) is 0.500. The van der Waals surface area contributed by atoms with Crippen LogP contribution in [0.5, 0.6) is 0 Å². The first-order chi connectivity index (χ1) is 8.52. The van der Waals surface area contributed by atoms with Crippen LogP contribution in [0.3, 0.4) is 0 Å². The van der Waals surface area contributed by atoms with E-state index in [0.29, 0.717) is 5.82 Å². The number of rotatable bonds is 3. The quantitative estimate of drug-likeness (QED) is 0.631. The summed E-state index contributed by atoms with van der Waals surface area (Å²) in [6.07, 6.45) is -0.710. The van der Waals surface area contributed by atoms with Crippen molar-refractivity contribution in [3.05, 3.63) is 16.5 Å². The zero-order valence-corrected chi connectivity index (χ0v) is 11.3. The van der Waals surface area contributed by atoms with Crippen LogP contribution < -0.4 is 4.90 Å². The number of aromatic nitrogens is 2. The van der Waals surface area contributed by atoms with Crippen molar-refractivity contribution in [1.29, 1.82) is 0 Å². The fourth-order valence-electron chi connectivity index (χ4n) is 1.70. The highest BCUT2D eigenvalue weighted by Gasteiger charge is 2.39. The van der Waals surface area contributed by atoms with E-state index in [9.17, 15) is 4.79 Å². The molecule has 1 saturated heterocycles. The van der Waals surface area contributed by atoms with Crippen molar-refractivity contribution >= 4 is 35.1 Å². The number of hydrogen-bond acceptors (Lipinski definition) is 5. The van der Waals surface area contributed by atoms with Gasteiger partial charge in [0.2, 0.25) is 5.28 Å². The topological polar surface area (TPSA) is 64.6 Å². The molecule has 1 aromatic heterocycles. The Labute approximate surface area is 114 Å². The highest BCUT2D eigenvalue weighted by Crippen LogP contribution is 2.26. The predicted molar refractivity (Wildman–Crippen MR) is 66.1 cm³/mol. The van der Waals surface area contributed by atoms with E-state index in [1.165, 1.54) is 11.0 Å². The molecular weight excluding hydrogens is 281 g/mol. The third-order valence-electron chi connectivity index (χ3n) is 2.72. The van der Waals surface area contributed by atoms with Gasteiger partial charge in [-0.1, -0.05) is 11.6 Å². The minimum Gasteiger partial charge on any atom is -0.447 e. The molecule has 98 valence electrons. The first kappa shape index (κ1) is 13.3. The van der Waals surface area contributed by atoms with Crippen molar-refractivity contribution in [3.8, 4) is 0 Å². The molecule has 2 atom stereocenters. The lowest BCUT2D eigenvalue weighted by Crippen LogP contribution is -2.42. The van der Waals surface area contributed by atoms with Gasteiger partial charge in [0.25, 0.3) is 0 Å². The third kappa shape index (κ3) is 2.50. The largest absolute Gasteiger partial charge is 0.447 e. The lowest BCUT2D eigenvalue weighted by Gasteiger charge is -2.24. The Morgan fingerprint density at radius 2 is 2.28 bits per heavy atom. The van der Waals surface area contributed by atoms with Gasteiger partial charge in [0.1, 0.15) is 23.6 Å². The summed E-state index contributed by atoms with van der Waals surface area (Å²) in [5.41, 5.74) is 0. The molecule has 0 spiro atoms. The lowest BCUT2D eigenvalue weighted by molar-refractivity contribution is 0.0881. The highest BCUT2D eigenvalue weighted by atomic mass is 35.5. The van der Waals surface area contributed by atoms with Crippen LogP contribution in [0.2, 0.25) is 10.4 Å². The van der Waals surface area contributed by atoms with E-state index in [1.807, 2.05) is 6.92 Å². The van der Waals surface area contributed by atoms with E-state index < -0.39 is 6.09 Å². The van der Waals surface area contributed by atoms with E-state index in [4.69, 9.17) is 32.7 Å². The van der Waals surface area contributed by atoms with Gasteiger partial charge in [0.15, 0.2) is 0 Å². The smallest absolute Gasteiger partial charge is 0.416 e. The summed E-state index contributed by atoms with van der Waals surface area (Å²) in [6, 6.07) is 1.18. The number of hydrogen-bond donors (Lipinski definition) is 0. The molecule has 1 aliphatic heterocycles. The minimum atomic E-state index is -0.505. The average molecular weight is 292 g/mol. The van der Waals surface area contributed by atoms with Crippen LogP contribution in [0.4, 0.5) is 10.6 Å². The lowest BCUT2D eigenvalue weighted by atomic mass is 10.2. The summed E-state index contributed by atoms with van der Waals surface area (Å²) in [6.45, 7) is 2.07. The van der Waals surface area contributed by atoms with E-state index in [2.05, 4.69) is 9.97 Å². The van der Waals surface area contributed by atoms with Gasteiger partial charge in [0, 0.05) is 13.2 Å². The number of carbonyl (C=O) groups excluding carboxylic acids is 1. The van der Waals surface area contributed by atoms with E-state index in [0.717, 1.165) is 0 Å². The van der Waals surface area contributed by atoms with Crippen molar-refractivity contribution in [3.63, 3.8) is 0 Å². The van der Waals surface area contributed by atoms with Gasteiger partial charge < -0.3 is 9.47 Å². The maximum Gasteiger partial charge on any atom is 0.416 e. The van der Waals surface area contributed by atoms with E-state index >= 15 is 0 Å². The second kappa shape index (κ2) is 5.26. The molecule has 0 unspecified atom stereocenters. The van der Waals surface area contributed by atoms with Crippen molar-refractivity contribution < 1.29 is 14.3 Å². The zero-order chi connectivity index (χ0) is 13.3. The fourth-order valence-corrected chi connectivity index (χ4v) is 2.10. The summed E-state index contributed by atoms with van der Waals surface area (Å²) >= 11 is 11.5. The van der Waals surface area contributed by atoms with Gasteiger partial charge in [-0.2, -0.15) is 4.98 Å². The van der Waals surface area contributed by atoms with Crippen LogP contribution >= 0.6 is 23.2 Å². The van der Waals surface area contributed by atoms with Crippen molar-refractivity contribution in [2.24, 2.45) is 0 Å². The molecular formula is C10H11Cl2N3O3. The SMILES string of the molecule is CO[C@H](C)[C@H]1COC(=O)N1c1cc(Cl)nc(Cl)n1. The summed E-state index contributed by atoms with van der Waals surface area (Å²) in [5, 5.41) is 0.134. The molecule has 1 amide bonds. The molecule has 0 saturated carbocycles. The van der Waals surface area contributed by atoms with Crippen LogP contribution in [-0.4, -0.2) is 41.9 Å². The maximum absolute atomic E-state index is 11.7. The van der Waals surface area contributed by atoms with Crippen LogP contribution in [0.1, 0.15) is 6.92 Å². The predicted octanol–water partition coefficient (Wildman–Crippen LogP) is 2.14. The van der Waals surface area contributed by atoms with E-state index in [1.54, 1.807) is 7.11 Å². The molecule has 0 N–H and O–H groups in total. The van der Waals surface area contributed by atoms with Gasteiger partial charge in [-0.25, -0.2) is 9.78 Å². The Bertz CT molecular complexity index is 451. The molecule has 1 aliphatic rings. The molecule has 1 aromatic rings. The van der Waals surface area contributed by atoms with Crippen LogP contribution in [-0.2, 0) is 9.47 Å². The first-order valence-corrected chi connectivity index (χ1v) is 5.97. The highest BCUT2D eigenvalue weighted by molar-refractivity contribution is 6.32. The Balaban J connectivity index is 2.36. The molecule has 2 rings (SSSR count). The molecule has 8 heteroatoms. The molecule has 1 fully saturated rings. The second-order valence-electron chi connectivity index (χ2n) is 3.77. The van der Waals surface area contributed by atoms with Gasteiger partial charge in [-0.3, -0.25) is 4.90 Å². The second-order valence-corrected chi connectivity index (χ2v) is 4.50. The number of halogens is 2. The molecule has 18 heavy (non-hydrogen) atoms. The number of cyclic esters (lactones) is 1. The summed E-state index contributed by atoms with van der Waals surface area (Å²) in [5.74, 6) is 0.302. The third-order valence-corrected chi connectivity index (χ3v) is 3.08. The van der Waals surface area contributed by atoms with Crippen molar-refractivity contribution in [2.45, 2.75) is 19.1 Å². The van der Waals surface area contributed by atoms with Crippen LogP contribution in [0.15, 0.2) is 6.07 Å². The number of carbonyl (C=O) groups is 1. The molecule has 6 nitrogen and oxygen atoms in total. The molecule has 0 aliphatic carbocycles. The Morgan fingerprint density at radius 1 is 1.56 bits per heavy atom. The van der Waals surface area contributed by atoms with Gasteiger partial charge in [-0.05, 0) is 18.5 Å². The van der Waals surface area contributed by atoms with Crippen molar-refractivity contribution in [1.82, 2.24) is 9.97 Å². The maximum atomic E-state index is 11.7. The van der Waals surface area contributed by atoms with Crippen LogP contribution in [0, 0.1) is 0 Å². The number of amides is 1. The summed E-state index contributed by atoms with van der Waals surface area (Å²) < 4.78 is 10.2. The summed E-state index contributed by atoms with van der Waals surface area (Å²) in [4.78, 5) is 20.8. The minimum absolute atomic E-state index is 0.0268. The van der Waals surface area contributed by atoms with Crippen LogP contribution in [0.25, 0.3) is 0 Å².